The third kappa shape index (κ3) is 3.32. The number of H-pyrrole nitrogens is 1. The summed E-state index contributed by atoms with van der Waals surface area (Å²) < 4.78 is 0. The van der Waals surface area contributed by atoms with E-state index in [0.717, 1.165) is 44.7 Å². The van der Waals surface area contributed by atoms with E-state index in [2.05, 4.69) is 39.6 Å². The molecule has 0 aliphatic heterocycles. The van der Waals surface area contributed by atoms with Gasteiger partial charge in [0, 0.05) is 17.4 Å². The number of nitrogen functional groups attached to an aromatic ring is 1. The zero-order chi connectivity index (χ0) is 21.7. The van der Waals surface area contributed by atoms with Gasteiger partial charge in [0.05, 0.1) is 28.8 Å². The largest absolute Gasteiger partial charge is 0.398 e. The minimum atomic E-state index is -0.278. The monoisotopic (exact) mass is 453 g/mol. The number of para-hydroxylation sites is 1. The summed E-state index contributed by atoms with van der Waals surface area (Å²) in [6.07, 6.45) is 3.51. The molecule has 0 saturated heterocycles. The number of amides is 1. The Morgan fingerprint density at radius 2 is 1.67 bits per heavy atom. The van der Waals surface area contributed by atoms with Crippen LogP contribution in [0.15, 0.2) is 85.2 Å². The number of rotatable bonds is 3. The molecule has 2 heterocycles. The molecule has 1 aliphatic rings. The molecule has 4 N–H and O–H groups in total. The number of imidazole rings is 1. The number of nitrogens with one attached hydrogen (secondary N) is 2. The maximum absolute atomic E-state index is 13.1. The van der Waals surface area contributed by atoms with Gasteiger partial charge in [-0.3, -0.25) is 9.78 Å². The predicted molar refractivity (Wildman–Crippen MR) is 132 cm³/mol. The zero-order valence-electron chi connectivity index (χ0n) is 17.4. The van der Waals surface area contributed by atoms with Crippen molar-refractivity contribution in [2.75, 3.05) is 5.73 Å². The Hall–Kier alpha value is -4.16. The molecule has 1 aliphatic carbocycles. The Morgan fingerprint density at radius 3 is 2.52 bits per heavy atom. The molecule has 162 valence electrons. The molecule has 0 bridgehead atoms. The Kier molecular flexibility index (Phi) is 5.07. The van der Waals surface area contributed by atoms with Gasteiger partial charge in [-0.2, -0.15) is 0 Å². The van der Waals surface area contributed by atoms with Gasteiger partial charge in [-0.1, -0.05) is 54.6 Å². The molecule has 1 atom stereocenters. The van der Waals surface area contributed by atoms with Crippen LogP contribution in [0, 0.1) is 0 Å². The number of pyridine rings is 1. The number of anilines is 1. The lowest BCUT2D eigenvalue weighted by Gasteiger charge is -2.17. The maximum Gasteiger partial charge on any atom is 0.254 e. The average molecular weight is 454 g/mol. The lowest BCUT2D eigenvalue weighted by atomic mass is 9.98. The minimum Gasteiger partial charge on any atom is -0.398 e. The predicted octanol–water partition coefficient (Wildman–Crippen LogP) is 5.13. The summed E-state index contributed by atoms with van der Waals surface area (Å²) in [5.41, 5.74) is 14.0. The van der Waals surface area contributed by atoms with Gasteiger partial charge in [0.1, 0.15) is 5.82 Å². The van der Waals surface area contributed by atoms with Gasteiger partial charge in [0.15, 0.2) is 0 Å². The molecule has 7 heteroatoms. The fraction of sp³-hybridized carbons (Fsp3) is 0.0385. The number of nitrogens with zero attached hydrogens (tertiary/aromatic N) is 2. The van der Waals surface area contributed by atoms with Crippen molar-refractivity contribution in [2.24, 2.45) is 0 Å². The molecule has 1 amide bonds. The topological polar surface area (TPSA) is 96.7 Å². The fourth-order valence-corrected chi connectivity index (χ4v) is 4.51. The number of aromatic nitrogens is 3. The number of halogens is 1. The Morgan fingerprint density at radius 1 is 0.909 bits per heavy atom. The van der Waals surface area contributed by atoms with Gasteiger partial charge < -0.3 is 16.0 Å². The summed E-state index contributed by atoms with van der Waals surface area (Å²) in [6, 6.07) is 23.0. The second-order valence-electron chi connectivity index (χ2n) is 7.83. The van der Waals surface area contributed by atoms with Crippen molar-refractivity contribution in [1.29, 1.82) is 0 Å². The number of benzene rings is 3. The first-order valence-electron chi connectivity index (χ1n) is 10.4. The van der Waals surface area contributed by atoms with Gasteiger partial charge in [-0.15, -0.1) is 12.4 Å². The first-order chi connectivity index (χ1) is 15.7. The molecule has 6 nitrogen and oxygen atoms in total. The van der Waals surface area contributed by atoms with Crippen LogP contribution in [0.4, 0.5) is 5.69 Å². The molecule has 33 heavy (non-hydrogen) atoms. The van der Waals surface area contributed by atoms with Crippen molar-refractivity contribution >= 4 is 35.0 Å². The highest BCUT2D eigenvalue weighted by Gasteiger charge is 2.32. The van der Waals surface area contributed by atoms with Crippen LogP contribution in [0.5, 0.6) is 0 Å². The van der Waals surface area contributed by atoms with Crippen molar-refractivity contribution in [2.45, 2.75) is 6.04 Å². The molecular weight excluding hydrogens is 434 g/mol. The highest BCUT2D eigenvalue weighted by molar-refractivity contribution is 6.00. The van der Waals surface area contributed by atoms with Crippen molar-refractivity contribution in [3.63, 3.8) is 0 Å². The number of aromatic amines is 1. The van der Waals surface area contributed by atoms with Crippen LogP contribution in [0.25, 0.3) is 33.5 Å². The highest BCUT2D eigenvalue weighted by Crippen LogP contribution is 2.47. The van der Waals surface area contributed by atoms with Crippen LogP contribution < -0.4 is 11.1 Å². The van der Waals surface area contributed by atoms with Crippen LogP contribution in [-0.4, -0.2) is 20.9 Å². The smallest absolute Gasteiger partial charge is 0.254 e. The average Bonchev–Trinajstić information content (AvgIpc) is 3.39. The molecule has 0 spiro atoms. The normalized spacial score (nSPS) is 13.8. The van der Waals surface area contributed by atoms with Crippen LogP contribution >= 0.6 is 12.4 Å². The first-order valence-corrected chi connectivity index (χ1v) is 10.4. The van der Waals surface area contributed by atoms with Crippen LogP contribution in [0.2, 0.25) is 0 Å². The molecular formula is C26H20ClN5O. The summed E-state index contributed by atoms with van der Waals surface area (Å²) in [7, 11) is 0. The van der Waals surface area contributed by atoms with E-state index in [4.69, 9.17) is 10.7 Å². The third-order valence-corrected chi connectivity index (χ3v) is 5.97. The van der Waals surface area contributed by atoms with Crippen molar-refractivity contribution in [1.82, 2.24) is 20.3 Å². The number of hydrogen-bond donors (Lipinski definition) is 3. The standard InChI is InChI=1S/C26H19N5O.ClH/c27-20-11-4-3-8-17(20)26(32)31-24-16-7-2-1-6-15(16)23-18(24)9-5-10-19(23)25-29-21-12-13-28-14-22(21)30-25;/h1-14,24H,27H2,(H,29,30)(H,31,32);1H. The minimum absolute atomic E-state index is 0. The zero-order valence-corrected chi connectivity index (χ0v) is 18.3. The van der Waals surface area contributed by atoms with E-state index in [1.54, 1.807) is 24.5 Å². The van der Waals surface area contributed by atoms with E-state index < -0.39 is 0 Å². The van der Waals surface area contributed by atoms with Crippen molar-refractivity contribution in [3.8, 4) is 22.5 Å². The third-order valence-electron chi connectivity index (χ3n) is 5.97. The van der Waals surface area contributed by atoms with Crippen molar-refractivity contribution < 1.29 is 4.79 Å². The summed E-state index contributed by atoms with van der Waals surface area (Å²) in [5.74, 6) is 0.579. The molecule has 6 rings (SSSR count). The summed E-state index contributed by atoms with van der Waals surface area (Å²) >= 11 is 0. The van der Waals surface area contributed by atoms with Gasteiger partial charge >= 0.3 is 0 Å². The molecule has 0 fully saturated rings. The van der Waals surface area contributed by atoms with E-state index in [9.17, 15) is 4.79 Å². The van der Waals surface area contributed by atoms with Crippen LogP contribution in [-0.2, 0) is 0 Å². The van der Waals surface area contributed by atoms with Crippen molar-refractivity contribution in [3.05, 3.63) is 102 Å². The Labute approximate surface area is 196 Å². The number of nitrogens with two attached hydrogens (primary N) is 1. The Bertz CT molecular complexity index is 1480. The maximum atomic E-state index is 13.1. The summed E-state index contributed by atoms with van der Waals surface area (Å²) in [6.45, 7) is 0. The molecule has 5 aromatic rings. The molecule has 0 radical (unpaired) electrons. The van der Waals surface area contributed by atoms with E-state index in [1.165, 1.54) is 0 Å². The van der Waals surface area contributed by atoms with E-state index in [0.29, 0.717) is 11.3 Å². The van der Waals surface area contributed by atoms with Gasteiger partial charge in [0.25, 0.3) is 5.91 Å². The SMILES string of the molecule is Cl.Nc1ccccc1C(=O)NC1c2ccccc2-c2c(-c3nc4ccncc4[nH]3)cccc21. The van der Waals surface area contributed by atoms with E-state index >= 15 is 0 Å². The second kappa shape index (κ2) is 8.07. The summed E-state index contributed by atoms with van der Waals surface area (Å²) in [4.78, 5) is 25.4. The number of carbonyl (C=O) groups is 1. The number of carbonyl (C=O) groups excluding carboxylic acids is 1. The Balaban J connectivity index is 0.00000228. The fourth-order valence-electron chi connectivity index (χ4n) is 4.51. The highest BCUT2D eigenvalue weighted by atomic mass is 35.5. The molecule has 0 saturated carbocycles. The number of hydrogen-bond acceptors (Lipinski definition) is 4. The van der Waals surface area contributed by atoms with E-state index in [1.807, 2.05) is 36.4 Å². The van der Waals surface area contributed by atoms with Gasteiger partial charge in [0.2, 0.25) is 0 Å². The first kappa shape index (κ1) is 20.7. The summed E-state index contributed by atoms with van der Waals surface area (Å²) in [5, 5.41) is 3.19. The molecule has 2 aromatic heterocycles. The quantitative estimate of drug-likeness (QED) is 0.330. The van der Waals surface area contributed by atoms with Crippen LogP contribution in [0.1, 0.15) is 27.5 Å². The van der Waals surface area contributed by atoms with Gasteiger partial charge in [-0.25, -0.2) is 4.98 Å². The van der Waals surface area contributed by atoms with E-state index in [-0.39, 0.29) is 24.4 Å². The van der Waals surface area contributed by atoms with Crippen LogP contribution in [0.3, 0.4) is 0 Å². The molecule has 1 unspecified atom stereocenters. The lowest BCUT2D eigenvalue weighted by molar-refractivity contribution is 0.0944. The number of fused-ring (bicyclic) bond motifs is 4. The van der Waals surface area contributed by atoms with Gasteiger partial charge in [-0.05, 0) is 40.5 Å². The molecule has 3 aromatic carbocycles. The second-order valence-corrected chi connectivity index (χ2v) is 7.83. The lowest BCUT2D eigenvalue weighted by Crippen LogP contribution is -2.28.